The number of amides is 1. The van der Waals surface area contributed by atoms with Crippen LogP contribution in [0.15, 0.2) is 91.0 Å². The Kier molecular flexibility index (Phi) is 9.76. The highest BCUT2D eigenvalue weighted by Crippen LogP contribution is 2.42. The molecule has 0 fully saturated rings. The van der Waals surface area contributed by atoms with Gasteiger partial charge in [-0.05, 0) is 16.7 Å². The SMILES string of the molecule is COC(=O)C[C@H](C(=O)OC)[C@H](NC(=O)CC(c1ccccc1)(c1ccccc1)c1ccccc1)C(=O)OC. The van der Waals surface area contributed by atoms with E-state index in [1.807, 2.05) is 91.0 Å². The van der Waals surface area contributed by atoms with Crippen LogP contribution in [0.3, 0.4) is 0 Å². The summed E-state index contributed by atoms with van der Waals surface area (Å²) in [6.07, 6.45) is -0.588. The number of nitrogens with one attached hydrogen (secondary N) is 1. The predicted molar refractivity (Wildman–Crippen MR) is 140 cm³/mol. The Hall–Kier alpha value is -4.46. The number of carbonyl (C=O) groups excluding carboxylic acids is 4. The minimum atomic E-state index is -1.47. The van der Waals surface area contributed by atoms with Crippen LogP contribution >= 0.6 is 0 Å². The lowest BCUT2D eigenvalue weighted by Gasteiger charge is -2.36. The molecule has 2 atom stereocenters. The maximum Gasteiger partial charge on any atom is 0.329 e. The molecule has 3 aromatic rings. The zero-order valence-electron chi connectivity index (χ0n) is 21.6. The second-order valence-corrected chi connectivity index (χ2v) is 8.66. The van der Waals surface area contributed by atoms with Crippen molar-refractivity contribution in [2.24, 2.45) is 5.92 Å². The Morgan fingerprint density at radius 3 is 1.45 bits per heavy atom. The van der Waals surface area contributed by atoms with Gasteiger partial charge in [-0.3, -0.25) is 14.4 Å². The molecule has 0 aliphatic heterocycles. The second kappa shape index (κ2) is 13.2. The summed E-state index contributed by atoms with van der Waals surface area (Å²) >= 11 is 0. The highest BCUT2D eigenvalue weighted by molar-refractivity contribution is 5.92. The number of hydrogen-bond acceptors (Lipinski definition) is 7. The minimum absolute atomic E-state index is 0.106. The largest absolute Gasteiger partial charge is 0.469 e. The topological polar surface area (TPSA) is 108 Å². The van der Waals surface area contributed by atoms with Crippen molar-refractivity contribution in [2.45, 2.75) is 24.3 Å². The van der Waals surface area contributed by atoms with Gasteiger partial charge in [-0.15, -0.1) is 0 Å². The van der Waals surface area contributed by atoms with Crippen molar-refractivity contribution in [3.63, 3.8) is 0 Å². The Bertz CT molecular complexity index is 1130. The van der Waals surface area contributed by atoms with Crippen LogP contribution < -0.4 is 5.32 Å². The maximum absolute atomic E-state index is 13.8. The number of benzene rings is 3. The standard InChI is InChI=1S/C30H31NO7/c1-36-26(33)19-24(28(34)37-2)27(29(35)38-3)31-25(32)20-30(21-13-7-4-8-14-21,22-15-9-5-10-16-22)23-17-11-6-12-18-23/h4-18,24,27H,19-20H2,1-3H3,(H,31,32)/t24-,27-/m0/s1. The number of ether oxygens (including phenoxy) is 3. The number of rotatable bonds is 11. The van der Waals surface area contributed by atoms with Crippen molar-refractivity contribution in [2.75, 3.05) is 21.3 Å². The quantitative estimate of drug-likeness (QED) is 0.236. The summed E-state index contributed by atoms with van der Waals surface area (Å²) in [6, 6.07) is 27.3. The molecular weight excluding hydrogens is 486 g/mol. The summed E-state index contributed by atoms with van der Waals surface area (Å²) in [4.78, 5) is 51.2. The van der Waals surface area contributed by atoms with Gasteiger partial charge in [0, 0.05) is 6.42 Å². The molecule has 3 aromatic carbocycles. The Balaban J connectivity index is 2.10. The van der Waals surface area contributed by atoms with Gasteiger partial charge in [0.25, 0.3) is 0 Å². The number of methoxy groups -OCH3 is 3. The molecule has 0 bridgehead atoms. The Labute approximate surface area is 221 Å². The van der Waals surface area contributed by atoms with E-state index in [1.165, 1.54) is 0 Å². The molecule has 0 aromatic heterocycles. The summed E-state index contributed by atoms with van der Waals surface area (Å²) in [5.41, 5.74) is 1.65. The molecule has 1 amide bonds. The van der Waals surface area contributed by atoms with Gasteiger partial charge in [0.2, 0.25) is 5.91 Å². The molecule has 0 heterocycles. The summed E-state index contributed by atoms with van der Waals surface area (Å²) in [5, 5.41) is 2.65. The minimum Gasteiger partial charge on any atom is -0.469 e. The highest BCUT2D eigenvalue weighted by atomic mass is 16.5. The zero-order valence-corrected chi connectivity index (χ0v) is 21.6. The van der Waals surface area contributed by atoms with E-state index in [0.717, 1.165) is 38.0 Å². The maximum atomic E-state index is 13.8. The molecule has 198 valence electrons. The van der Waals surface area contributed by atoms with Crippen molar-refractivity contribution in [3.05, 3.63) is 108 Å². The van der Waals surface area contributed by atoms with Crippen LogP contribution in [0.2, 0.25) is 0 Å². The molecule has 0 aliphatic rings. The first-order valence-electron chi connectivity index (χ1n) is 12.1. The number of carbonyl (C=O) groups is 4. The molecular formula is C30H31NO7. The van der Waals surface area contributed by atoms with Gasteiger partial charge in [0.1, 0.15) is 6.04 Å². The number of esters is 3. The lowest BCUT2D eigenvalue weighted by atomic mass is 9.67. The summed E-state index contributed by atoms with van der Waals surface area (Å²) in [5.74, 6) is -4.36. The first-order chi connectivity index (χ1) is 18.4. The lowest BCUT2D eigenvalue weighted by Crippen LogP contribution is -2.51. The molecule has 38 heavy (non-hydrogen) atoms. The van der Waals surface area contributed by atoms with Crippen molar-refractivity contribution >= 4 is 23.8 Å². The van der Waals surface area contributed by atoms with Gasteiger partial charge in [-0.2, -0.15) is 0 Å². The van der Waals surface area contributed by atoms with E-state index >= 15 is 0 Å². The van der Waals surface area contributed by atoms with E-state index in [9.17, 15) is 19.2 Å². The van der Waals surface area contributed by atoms with Crippen molar-refractivity contribution in [3.8, 4) is 0 Å². The van der Waals surface area contributed by atoms with Crippen LogP contribution in [0.25, 0.3) is 0 Å². The number of hydrogen-bond donors (Lipinski definition) is 1. The monoisotopic (exact) mass is 517 g/mol. The van der Waals surface area contributed by atoms with Crippen molar-refractivity contribution in [1.82, 2.24) is 5.32 Å². The molecule has 3 rings (SSSR count). The zero-order chi connectivity index (χ0) is 27.5. The van der Waals surface area contributed by atoms with E-state index in [-0.39, 0.29) is 6.42 Å². The van der Waals surface area contributed by atoms with Crippen LogP contribution in [0, 0.1) is 5.92 Å². The fraction of sp³-hybridized carbons (Fsp3) is 0.267. The van der Waals surface area contributed by atoms with E-state index in [2.05, 4.69) is 10.1 Å². The third kappa shape index (κ3) is 6.26. The van der Waals surface area contributed by atoms with Crippen LogP contribution in [0.1, 0.15) is 29.5 Å². The second-order valence-electron chi connectivity index (χ2n) is 8.66. The molecule has 0 spiro atoms. The fourth-order valence-corrected chi connectivity index (χ4v) is 4.64. The van der Waals surface area contributed by atoms with Gasteiger partial charge < -0.3 is 19.5 Å². The van der Waals surface area contributed by atoms with Crippen LogP contribution in [-0.4, -0.2) is 51.2 Å². The third-order valence-electron chi connectivity index (χ3n) is 6.52. The van der Waals surface area contributed by atoms with Gasteiger partial charge in [-0.25, -0.2) is 4.79 Å². The summed E-state index contributed by atoms with van der Waals surface area (Å²) < 4.78 is 14.4. The van der Waals surface area contributed by atoms with Gasteiger partial charge >= 0.3 is 17.9 Å². The van der Waals surface area contributed by atoms with Crippen LogP contribution in [-0.2, 0) is 38.8 Å². The molecule has 0 saturated heterocycles. The van der Waals surface area contributed by atoms with Gasteiger partial charge in [-0.1, -0.05) is 91.0 Å². The van der Waals surface area contributed by atoms with Gasteiger partial charge in [0.15, 0.2) is 0 Å². The highest BCUT2D eigenvalue weighted by Gasteiger charge is 2.42. The molecule has 8 nitrogen and oxygen atoms in total. The van der Waals surface area contributed by atoms with E-state index in [0.29, 0.717) is 0 Å². The smallest absolute Gasteiger partial charge is 0.329 e. The van der Waals surface area contributed by atoms with Gasteiger partial charge in [0.05, 0.1) is 39.1 Å². The first kappa shape index (κ1) is 28.1. The third-order valence-corrected chi connectivity index (χ3v) is 6.52. The fourth-order valence-electron chi connectivity index (χ4n) is 4.64. The molecule has 0 radical (unpaired) electrons. The predicted octanol–water partition coefficient (Wildman–Crippen LogP) is 3.42. The molecule has 1 N–H and O–H groups in total. The van der Waals surface area contributed by atoms with Crippen LogP contribution in [0.4, 0.5) is 0 Å². The van der Waals surface area contributed by atoms with E-state index < -0.39 is 47.6 Å². The molecule has 0 unspecified atom stereocenters. The molecule has 8 heteroatoms. The lowest BCUT2D eigenvalue weighted by molar-refractivity contribution is -0.159. The van der Waals surface area contributed by atoms with E-state index in [4.69, 9.17) is 9.47 Å². The van der Waals surface area contributed by atoms with Crippen LogP contribution in [0.5, 0.6) is 0 Å². The van der Waals surface area contributed by atoms with E-state index in [1.54, 1.807) is 0 Å². The average molecular weight is 518 g/mol. The summed E-state index contributed by atoms with van der Waals surface area (Å²) in [6.45, 7) is 0. The Morgan fingerprint density at radius 2 is 1.08 bits per heavy atom. The summed E-state index contributed by atoms with van der Waals surface area (Å²) in [7, 11) is 3.43. The average Bonchev–Trinajstić information content (AvgIpc) is 2.98. The molecule has 0 aliphatic carbocycles. The Morgan fingerprint density at radius 1 is 0.658 bits per heavy atom. The molecule has 0 saturated carbocycles. The first-order valence-corrected chi connectivity index (χ1v) is 12.1. The van der Waals surface area contributed by atoms with Crippen molar-refractivity contribution in [1.29, 1.82) is 0 Å². The normalized spacial score (nSPS) is 12.5. The van der Waals surface area contributed by atoms with Crippen molar-refractivity contribution < 1.29 is 33.4 Å².